The Kier molecular flexibility index (Phi) is 7.61. The summed E-state index contributed by atoms with van der Waals surface area (Å²) in [6, 6.07) is 16.2. The molecule has 2 N–H and O–H groups in total. The Morgan fingerprint density at radius 3 is 2.50 bits per heavy atom. The number of halogens is 1. The largest absolute Gasteiger partial charge is 0.357 e. The van der Waals surface area contributed by atoms with Gasteiger partial charge in [-0.15, -0.1) is 0 Å². The molecule has 2 rings (SSSR count). The summed E-state index contributed by atoms with van der Waals surface area (Å²) in [5, 5.41) is 6.00. The summed E-state index contributed by atoms with van der Waals surface area (Å²) in [6.07, 6.45) is 0. The highest BCUT2D eigenvalue weighted by atomic mass is 19.1. The van der Waals surface area contributed by atoms with E-state index in [1.807, 2.05) is 55.3 Å². The van der Waals surface area contributed by atoms with Gasteiger partial charge in [0.2, 0.25) is 5.91 Å². The number of nitrogens with zero attached hydrogens (tertiary/aromatic N) is 2. The minimum atomic E-state index is -0.266. The Morgan fingerprint density at radius 2 is 1.81 bits per heavy atom. The van der Waals surface area contributed by atoms with Crippen LogP contribution in [-0.2, 0) is 17.9 Å². The van der Waals surface area contributed by atoms with Gasteiger partial charge >= 0.3 is 0 Å². The Bertz CT molecular complexity index is 734. The van der Waals surface area contributed by atoms with Crippen LogP contribution < -0.4 is 10.6 Å². The Balaban J connectivity index is 1.91. The fourth-order valence-corrected chi connectivity index (χ4v) is 2.45. The van der Waals surface area contributed by atoms with Crippen LogP contribution in [0.5, 0.6) is 0 Å². The van der Waals surface area contributed by atoms with Crippen molar-refractivity contribution in [3.05, 3.63) is 71.5 Å². The van der Waals surface area contributed by atoms with Crippen molar-refractivity contribution in [1.29, 1.82) is 0 Å². The van der Waals surface area contributed by atoms with Gasteiger partial charge in [-0.05, 0) is 30.2 Å². The van der Waals surface area contributed by atoms with Gasteiger partial charge in [0.25, 0.3) is 0 Å². The predicted octanol–water partition coefficient (Wildman–Crippen LogP) is 2.54. The van der Waals surface area contributed by atoms with Crippen LogP contribution in [-0.4, -0.2) is 36.9 Å². The topological polar surface area (TPSA) is 56.7 Å². The SMILES string of the molecule is CCNC(=NCC(=O)NCc1ccccc1)N(C)Cc1cccc(F)c1. The van der Waals surface area contributed by atoms with E-state index in [2.05, 4.69) is 15.6 Å². The maximum Gasteiger partial charge on any atom is 0.242 e. The summed E-state index contributed by atoms with van der Waals surface area (Å²) in [5.74, 6) is 0.188. The molecule has 0 spiro atoms. The van der Waals surface area contributed by atoms with Crippen molar-refractivity contribution >= 4 is 11.9 Å². The van der Waals surface area contributed by atoms with Crippen LogP contribution in [0.2, 0.25) is 0 Å². The molecule has 0 aliphatic heterocycles. The predicted molar refractivity (Wildman–Crippen MR) is 102 cm³/mol. The zero-order valence-corrected chi connectivity index (χ0v) is 15.2. The second kappa shape index (κ2) is 10.2. The van der Waals surface area contributed by atoms with Crippen molar-refractivity contribution in [1.82, 2.24) is 15.5 Å². The first-order valence-corrected chi connectivity index (χ1v) is 8.63. The van der Waals surface area contributed by atoms with Crippen LogP contribution in [0.1, 0.15) is 18.1 Å². The standard InChI is InChI=1S/C20H25FN4O/c1-3-22-20(25(2)15-17-10-7-11-18(21)12-17)24-14-19(26)23-13-16-8-5-4-6-9-16/h4-12H,3,13-15H2,1-2H3,(H,22,24)(H,23,26). The lowest BCUT2D eigenvalue weighted by atomic mass is 10.2. The van der Waals surface area contributed by atoms with Gasteiger partial charge in [-0.2, -0.15) is 0 Å². The molecule has 0 aliphatic carbocycles. The third kappa shape index (κ3) is 6.55. The molecular formula is C20H25FN4O. The van der Waals surface area contributed by atoms with Gasteiger partial charge in [0, 0.05) is 26.7 Å². The summed E-state index contributed by atoms with van der Waals surface area (Å²) in [6.45, 7) is 3.64. The van der Waals surface area contributed by atoms with E-state index in [0.29, 0.717) is 25.6 Å². The molecule has 0 radical (unpaired) electrons. The number of rotatable bonds is 7. The van der Waals surface area contributed by atoms with Crippen molar-refractivity contribution in [3.63, 3.8) is 0 Å². The molecule has 2 aromatic rings. The van der Waals surface area contributed by atoms with Crippen molar-refractivity contribution in [3.8, 4) is 0 Å². The van der Waals surface area contributed by atoms with E-state index in [9.17, 15) is 9.18 Å². The van der Waals surface area contributed by atoms with E-state index >= 15 is 0 Å². The van der Waals surface area contributed by atoms with E-state index in [1.54, 1.807) is 6.07 Å². The molecule has 0 saturated carbocycles. The van der Waals surface area contributed by atoms with Crippen LogP contribution in [0.3, 0.4) is 0 Å². The summed E-state index contributed by atoms with van der Waals surface area (Å²) < 4.78 is 13.3. The molecule has 1 amide bonds. The molecule has 0 fully saturated rings. The minimum Gasteiger partial charge on any atom is -0.357 e. The van der Waals surface area contributed by atoms with Gasteiger partial charge < -0.3 is 15.5 Å². The lowest BCUT2D eigenvalue weighted by Gasteiger charge is -2.22. The van der Waals surface area contributed by atoms with Gasteiger partial charge in [-0.3, -0.25) is 4.79 Å². The lowest BCUT2D eigenvalue weighted by Crippen LogP contribution is -2.39. The molecule has 2 aromatic carbocycles. The van der Waals surface area contributed by atoms with Crippen LogP contribution in [0, 0.1) is 5.82 Å². The Morgan fingerprint density at radius 1 is 1.08 bits per heavy atom. The van der Waals surface area contributed by atoms with Gasteiger partial charge in [0.15, 0.2) is 5.96 Å². The highest BCUT2D eigenvalue weighted by Gasteiger charge is 2.08. The van der Waals surface area contributed by atoms with E-state index < -0.39 is 0 Å². The molecule has 0 bridgehead atoms. The number of hydrogen-bond acceptors (Lipinski definition) is 2. The summed E-state index contributed by atoms with van der Waals surface area (Å²) in [7, 11) is 1.86. The molecule has 0 atom stereocenters. The van der Waals surface area contributed by atoms with Gasteiger partial charge in [-0.1, -0.05) is 42.5 Å². The van der Waals surface area contributed by atoms with Gasteiger partial charge in [0.05, 0.1) is 0 Å². The molecule has 0 unspecified atom stereocenters. The van der Waals surface area contributed by atoms with E-state index in [0.717, 1.165) is 11.1 Å². The maximum atomic E-state index is 13.3. The van der Waals surface area contributed by atoms with Crippen LogP contribution in [0.15, 0.2) is 59.6 Å². The highest BCUT2D eigenvalue weighted by Crippen LogP contribution is 2.06. The number of aliphatic imine (C=N–C) groups is 1. The van der Waals surface area contributed by atoms with Gasteiger partial charge in [-0.25, -0.2) is 9.38 Å². The fraction of sp³-hybridized carbons (Fsp3) is 0.300. The Hall–Kier alpha value is -2.89. The molecule has 0 aliphatic rings. The van der Waals surface area contributed by atoms with Crippen molar-refractivity contribution in [2.24, 2.45) is 4.99 Å². The van der Waals surface area contributed by atoms with Crippen molar-refractivity contribution in [2.75, 3.05) is 20.1 Å². The number of amides is 1. The second-order valence-corrected chi connectivity index (χ2v) is 5.92. The molecular weight excluding hydrogens is 331 g/mol. The molecule has 138 valence electrons. The number of hydrogen-bond donors (Lipinski definition) is 2. The van der Waals surface area contributed by atoms with E-state index in [-0.39, 0.29) is 18.3 Å². The third-order valence-corrected chi connectivity index (χ3v) is 3.71. The van der Waals surface area contributed by atoms with E-state index in [4.69, 9.17) is 0 Å². The first kappa shape index (κ1) is 19.4. The molecule has 6 heteroatoms. The number of nitrogens with one attached hydrogen (secondary N) is 2. The molecule has 26 heavy (non-hydrogen) atoms. The number of guanidine groups is 1. The smallest absolute Gasteiger partial charge is 0.242 e. The number of carbonyl (C=O) groups is 1. The minimum absolute atomic E-state index is 0.0304. The summed E-state index contributed by atoms with van der Waals surface area (Å²) >= 11 is 0. The average Bonchev–Trinajstić information content (AvgIpc) is 2.64. The number of benzene rings is 2. The molecule has 5 nitrogen and oxygen atoms in total. The highest BCUT2D eigenvalue weighted by molar-refractivity contribution is 5.84. The van der Waals surface area contributed by atoms with Crippen LogP contribution in [0.25, 0.3) is 0 Å². The van der Waals surface area contributed by atoms with Crippen LogP contribution in [0.4, 0.5) is 4.39 Å². The molecule has 0 saturated heterocycles. The zero-order valence-electron chi connectivity index (χ0n) is 15.2. The fourth-order valence-electron chi connectivity index (χ4n) is 2.45. The summed E-state index contributed by atoms with van der Waals surface area (Å²) in [5.41, 5.74) is 1.88. The molecule has 0 heterocycles. The van der Waals surface area contributed by atoms with Crippen molar-refractivity contribution in [2.45, 2.75) is 20.0 Å². The lowest BCUT2D eigenvalue weighted by molar-refractivity contribution is -0.119. The Labute approximate surface area is 153 Å². The zero-order chi connectivity index (χ0) is 18.8. The number of carbonyl (C=O) groups excluding carboxylic acids is 1. The average molecular weight is 356 g/mol. The maximum absolute atomic E-state index is 13.3. The second-order valence-electron chi connectivity index (χ2n) is 5.92. The van der Waals surface area contributed by atoms with E-state index in [1.165, 1.54) is 12.1 Å². The summed E-state index contributed by atoms with van der Waals surface area (Å²) in [4.78, 5) is 18.3. The quantitative estimate of drug-likeness (QED) is 0.592. The van der Waals surface area contributed by atoms with Crippen molar-refractivity contribution < 1.29 is 9.18 Å². The molecule has 0 aromatic heterocycles. The van der Waals surface area contributed by atoms with Crippen LogP contribution >= 0.6 is 0 Å². The monoisotopic (exact) mass is 356 g/mol. The first-order valence-electron chi connectivity index (χ1n) is 8.63. The van der Waals surface area contributed by atoms with Gasteiger partial charge in [0.1, 0.15) is 12.4 Å². The third-order valence-electron chi connectivity index (χ3n) is 3.71. The first-order chi connectivity index (χ1) is 12.6. The normalized spacial score (nSPS) is 11.1.